The van der Waals surface area contributed by atoms with Crippen LogP contribution in [0.5, 0.6) is 5.75 Å². The summed E-state index contributed by atoms with van der Waals surface area (Å²) in [5, 5.41) is 2.85. The van der Waals surface area contributed by atoms with Gasteiger partial charge in [0.1, 0.15) is 10.7 Å². The number of unbranched alkanes of at least 4 members (excludes halogenated alkanes) is 1. The highest BCUT2D eigenvalue weighted by molar-refractivity contribution is 7.80. The number of hydrogen-bond donors (Lipinski definition) is 2. The lowest BCUT2D eigenvalue weighted by Gasteiger charge is -2.17. The summed E-state index contributed by atoms with van der Waals surface area (Å²) in [5.74, 6) is 0.520. The van der Waals surface area contributed by atoms with Crippen LogP contribution in [0.25, 0.3) is 0 Å². The van der Waals surface area contributed by atoms with Gasteiger partial charge >= 0.3 is 0 Å². The number of ether oxygens (including phenoxy) is 1. The van der Waals surface area contributed by atoms with Crippen molar-refractivity contribution in [2.45, 2.75) is 39.7 Å². The highest BCUT2D eigenvalue weighted by Crippen LogP contribution is 2.21. The fraction of sp³-hybridized carbons (Fsp3) is 0.467. The smallest absolute Gasteiger partial charge is 0.260 e. The summed E-state index contributed by atoms with van der Waals surface area (Å²) < 4.78 is 5.70. The van der Waals surface area contributed by atoms with Gasteiger partial charge in [0.05, 0.1) is 0 Å². The Balaban J connectivity index is 2.69. The predicted octanol–water partition coefficient (Wildman–Crippen LogP) is 2.31. The molecule has 110 valence electrons. The van der Waals surface area contributed by atoms with Gasteiger partial charge in [-0.1, -0.05) is 37.7 Å². The van der Waals surface area contributed by atoms with Crippen molar-refractivity contribution in [1.29, 1.82) is 0 Å². The van der Waals surface area contributed by atoms with E-state index in [1.54, 1.807) is 13.0 Å². The standard InChI is InChI=1S/C15H22N2O2S/c1-4-5-8-17-15(18)11(3)19-13-9-12(14(16)20)7-6-10(13)2/h6-7,9,11H,4-5,8H2,1-3H3,(H2,16,20)(H,17,18). The van der Waals surface area contributed by atoms with Gasteiger partial charge in [0.15, 0.2) is 6.10 Å². The third kappa shape index (κ3) is 4.81. The van der Waals surface area contributed by atoms with E-state index >= 15 is 0 Å². The zero-order valence-corrected chi connectivity index (χ0v) is 13.0. The zero-order chi connectivity index (χ0) is 15.1. The van der Waals surface area contributed by atoms with Gasteiger partial charge in [-0.2, -0.15) is 0 Å². The van der Waals surface area contributed by atoms with Gasteiger partial charge in [-0.3, -0.25) is 4.79 Å². The van der Waals surface area contributed by atoms with E-state index in [0.717, 1.165) is 24.0 Å². The second-order valence-corrected chi connectivity index (χ2v) is 5.19. The van der Waals surface area contributed by atoms with Crippen LogP contribution < -0.4 is 15.8 Å². The van der Waals surface area contributed by atoms with Crippen LogP contribution >= 0.6 is 12.2 Å². The first-order chi connectivity index (χ1) is 9.45. The average Bonchev–Trinajstić information content (AvgIpc) is 2.41. The lowest BCUT2D eigenvalue weighted by molar-refractivity contribution is -0.127. The Bertz CT molecular complexity index is 489. The Morgan fingerprint density at radius 2 is 2.20 bits per heavy atom. The Kier molecular flexibility index (Phi) is 6.45. The number of thiocarbonyl (C=S) groups is 1. The maximum absolute atomic E-state index is 11.9. The first-order valence-corrected chi connectivity index (χ1v) is 7.21. The van der Waals surface area contributed by atoms with Gasteiger partial charge in [0.25, 0.3) is 5.91 Å². The number of benzene rings is 1. The monoisotopic (exact) mass is 294 g/mol. The Morgan fingerprint density at radius 3 is 2.80 bits per heavy atom. The summed E-state index contributed by atoms with van der Waals surface area (Å²) in [6.07, 6.45) is 1.46. The van der Waals surface area contributed by atoms with Gasteiger partial charge in [0.2, 0.25) is 0 Å². The molecule has 0 aliphatic heterocycles. The van der Waals surface area contributed by atoms with Gasteiger partial charge in [-0.05, 0) is 31.9 Å². The van der Waals surface area contributed by atoms with Crippen molar-refractivity contribution in [2.75, 3.05) is 6.54 Å². The van der Waals surface area contributed by atoms with Crippen molar-refractivity contribution in [3.8, 4) is 5.75 Å². The Hall–Kier alpha value is -1.62. The molecule has 0 radical (unpaired) electrons. The summed E-state index contributed by atoms with van der Waals surface area (Å²) in [4.78, 5) is 12.2. The molecule has 1 unspecified atom stereocenters. The maximum atomic E-state index is 11.9. The van der Waals surface area contributed by atoms with Crippen molar-refractivity contribution in [1.82, 2.24) is 5.32 Å². The summed E-state index contributed by atoms with van der Waals surface area (Å²) in [7, 11) is 0. The summed E-state index contributed by atoms with van der Waals surface area (Å²) >= 11 is 4.94. The fourth-order valence-electron chi connectivity index (χ4n) is 1.66. The second kappa shape index (κ2) is 7.85. The normalized spacial score (nSPS) is 11.8. The minimum atomic E-state index is -0.549. The quantitative estimate of drug-likeness (QED) is 0.598. The summed E-state index contributed by atoms with van der Waals surface area (Å²) in [5.41, 5.74) is 7.28. The molecule has 1 rings (SSSR count). The van der Waals surface area contributed by atoms with Crippen LogP contribution in [0.3, 0.4) is 0 Å². The van der Waals surface area contributed by atoms with Gasteiger partial charge in [0, 0.05) is 12.1 Å². The molecular weight excluding hydrogens is 272 g/mol. The molecule has 1 amide bonds. The number of carbonyl (C=O) groups is 1. The number of hydrogen-bond acceptors (Lipinski definition) is 3. The van der Waals surface area contributed by atoms with Crippen LogP contribution in [0.4, 0.5) is 0 Å². The van der Waals surface area contributed by atoms with Crippen LogP contribution in [-0.4, -0.2) is 23.5 Å². The molecule has 0 aromatic heterocycles. The van der Waals surface area contributed by atoms with Crippen molar-refractivity contribution in [2.24, 2.45) is 5.73 Å². The molecule has 0 aliphatic carbocycles. The number of nitrogens with one attached hydrogen (secondary N) is 1. The lowest BCUT2D eigenvalue weighted by atomic mass is 10.1. The van der Waals surface area contributed by atoms with E-state index in [1.807, 2.05) is 19.1 Å². The number of carbonyl (C=O) groups excluding carboxylic acids is 1. The van der Waals surface area contributed by atoms with E-state index < -0.39 is 6.10 Å². The third-order valence-electron chi connectivity index (χ3n) is 2.98. The third-order valence-corrected chi connectivity index (χ3v) is 3.21. The summed E-state index contributed by atoms with van der Waals surface area (Å²) in [6.45, 7) is 6.40. The first kappa shape index (κ1) is 16.4. The molecular formula is C15H22N2O2S. The molecule has 1 atom stereocenters. The molecule has 3 N–H and O–H groups in total. The van der Waals surface area contributed by atoms with Gasteiger partial charge in [-0.15, -0.1) is 0 Å². The molecule has 0 bridgehead atoms. The molecule has 0 heterocycles. The Morgan fingerprint density at radius 1 is 1.50 bits per heavy atom. The van der Waals surface area contributed by atoms with Crippen LogP contribution in [0.15, 0.2) is 18.2 Å². The van der Waals surface area contributed by atoms with Crippen molar-refractivity contribution < 1.29 is 9.53 Å². The molecule has 0 saturated heterocycles. The van der Waals surface area contributed by atoms with Crippen LogP contribution in [-0.2, 0) is 4.79 Å². The molecule has 4 nitrogen and oxygen atoms in total. The van der Waals surface area contributed by atoms with E-state index in [4.69, 9.17) is 22.7 Å². The maximum Gasteiger partial charge on any atom is 0.260 e. The van der Waals surface area contributed by atoms with Gasteiger partial charge in [-0.25, -0.2) is 0 Å². The first-order valence-electron chi connectivity index (χ1n) is 6.80. The molecule has 0 saturated carbocycles. The topological polar surface area (TPSA) is 64.3 Å². The average molecular weight is 294 g/mol. The SMILES string of the molecule is CCCCNC(=O)C(C)Oc1cc(C(N)=S)ccc1C. The molecule has 0 fully saturated rings. The molecule has 5 heteroatoms. The van der Waals surface area contributed by atoms with E-state index in [-0.39, 0.29) is 5.91 Å². The lowest BCUT2D eigenvalue weighted by Crippen LogP contribution is -2.36. The van der Waals surface area contributed by atoms with E-state index in [9.17, 15) is 4.79 Å². The number of nitrogens with two attached hydrogens (primary N) is 1. The number of amides is 1. The largest absolute Gasteiger partial charge is 0.481 e. The van der Waals surface area contributed by atoms with Crippen LogP contribution in [0.2, 0.25) is 0 Å². The van der Waals surface area contributed by atoms with E-state index in [2.05, 4.69) is 12.2 Å². The predicted molar refractivity (Wildman–Crippen MR) is 85.1 cm³/mol. The summed E-state index contributed by atoms with van der Waals surface area (Å²) in [6, 6.07) is 5.50. The molecule has 0 spiro atoms. The number of rotatable bonds is 7. The molecule has 0 aliphatic rings. The highest BCUT2D eigenvalue weighted by atomic mass is 32.1. The highest BCUT2D eigenvalue weighted by Gasteiger charge is 2.15. The van der Waals surface area contributed by atoms with E-state index in [1.165, 1.54) is 0 Å². The van der Waals surface area contributed by atoms with Crippen LogP contribution in [0.1, 0.15) is 37.8 Å². The zero-order valence-electron chi connectivity index (χ0n) is 12.2. The Labute approximate surface area is 125 Å². The fourth-order valence-corrected chi connectivity index (χ4v) is 1.78. The van der Waals surface area contributed by atoms with Gasteiger partial charge < -0.3 is 15.8 Å². The van der Waals surface area contributed by atoms with Crippen molar-refractivity contribution >= 4 is 23.1 Å². The molecule has 20 heavy (non-hydrogen) atoms. The molecule has 1 aromatic carbocycles. The second-order valence-electron chi connectivity index (χ2n) is 4.75. The van der Waals surface area contributed by atoms with E-state index in [0.29, 0.717) is 17.3 Å². The number of aryl methyl sites for hydroxylation is 1. The van der Waals surface area contributed by atoms with Crippen molar-refractivity contribution in [3.05, 3.63) is 29.3 Å². The van der Waals surface area contributed by atoms with Crippen molar-refractivity contribution in [3.63, 3.8) is 0 Å². The molecule has 1 aromatic rings. The van der Waals surface area contributed by atoms with Crippen LogP contribution in [0, 0.1) is 6.92 Å². The minimum absolute atomic E-state index is 0.112. The minimum Gasteiger partial charge on any atom is -0.481 e.